The fraction of sp³-hybridized carbons (Fsp3) is 0.700. The van der Waals surface area contributed by atoms with Crippen molar-refractivity contribution < 1.29 is 9.47 Å². The largest absolute Gasteiger partial charge is 0.356 e. The maximum Gasteiger partial charge on any atom is 0.158 e. The summed E-state index contributed by atoms with van der Waals surface area (Å²) in [5.74, 6) is 0.836. The molecule has 1 aromatic rings. The van der Waals surface area contributed by atoms with Crippen LogP contribution in [0.15, 0.2) is 12.4 Å². The zero-order chi connectivity index (χ0) is 10.4. The molecule has 0 bridgehead atoms. The number of methoxy groups -OCH3 is 1. The summed E-state index contributed by atoms with van der Waals surface area (Å²) >= 11 is 0. The number of hydrogen-bond acceptors (Lipinski definition) is 3. The van der Waals surface area contributed by atoms with Gasteiger partial charge >= 0.3 is 0 Å². The minimum absolute atomic E-state index is 0.0542. The van der Waals surface area contributed by atoms with Gasteiger partial charge in [0.2, 0.25) is 0 Å². The predicted molar refractivity (Wildman–Crippen MR) is 53.8 cm³/mol. The van der Waals surface area contributed by atoms with Crippen LogP contribution in [0.5, 0.6) is 0 Å². The molecule has 0 aliphatic rings. The van der Waals surface area contributed by atoms with Gasteiger partial charge in [0.05, 0.1) is 0 Å². The van der Waals surface area contributed by atoms with Gasteiger partial charge in [-0.05, 0) is 13.3 Å². The summed E-state index contributed by atoms with van der Waals surface area (Å²) in [5.41, 5.74) is 0. The zero-order valence-corrected chi connectivity index (χ0v) is 8.99. The Bertz CT molecular complexity index is 236. The number of hydrogen-bond donors (Lipinski definition) is 1. The van der Waals surface area contributed by atoms with Gasteiger partial charge in [-0.15, -0.1) is 0 Å². The highest BCUT2D eigenvalue weighted by Gasteiger charge is 2.14. The van der Waals surface area contributed by atoms with Gasteiger partial charge in [0.1, 0.15) is 11.9 Å². The Morgan fingerprint density at radius 2 is 2.36 bits per heavy atom. The molecule has 1 rings (SSSR count). The molecule has 14 heavy (non-hydrogen) atoms. The number of ether oxygens (including phenoxy) is 2. The molecule has 0 aliphatic heterocycles. The first-order valence-corrected chi connectivity index (χ1v) is 4.95. The van der Waals surface area contributed by atoms with Crippen LogP contribution in [0, 0.1) is 0 Å². The van der Waals surface area contributed by atoms with Gasteiger partial charge in [-0.25, -0.2) is 4.98 Å². The van der Waals surface area contributed by atoms with Crippen LogP contribution >= 0.6 is 0 Å². The summed E-state index contributed by atoms with van der Waals surface area (Å²) in [6.07, 6.45) is 5.26. The molecule has 2 atom stereocenters. The lowest BCUT2D eigenvalue weighted by Gasteiger charge is -2.19. The number of rotatable bonds is 6. The Morgan fingerprint density at radius 1 is 1.57 bits per heavy atom. The summed E-state index contributed by atoms with van der Waals surface area (Å²) in [7, 11) is 1.66. The molecule has 0 radical (unpaired) electrons. The molecule has 0 aromatic carbocycles. The molecule has 0 aliphatic carbocycles. The van der Waals surface area contributed by atoms with E-state index in [1.807, 2.05) is 6.92 Å². The first-order valence-electron chi connectivity index (χ1n) is 4.95. The Kier molecular flexibility index (Phi) is 4.62. The molecule has 0 amide bonds. The van der Waals surface area contributed by atoms with Crippen molar-refractivity contribution in [1.29, 1.82) is 0 Å². The van der Waals surface area contributed by atoms with E-state index < -0.39 is 0 Å². The Balaban J connectivity index is 2.42. The average Bonchev–Trinajstić information content (AvgIpc) is 2.69. The third kappa shape index (κ3) is 3.12. The summed E-state index contributed by atoms with van der Waals surface area (Å²) in [5, 5.41) is 0. The van der Waals surface area contributed by atoms with Gasteiger partial charge in [-0.2, -0.15) is 0 Å². The maximum absolute atomic E-state index is 5.67. The number of aromatic nitrogens is 2. The van der Waals surface area contributed by atoms with Gasteiger partial charge in [-0.1, -0.05) is 13.3 Å². The molecule has 0 spiro atoms. The van der Waals surface area contributed by atoms with E-state index in [0.29, 0.717) is 0 Å². The standard InChI is InChI=1S/C10H18N2O2/c1-4-5-9(13-3)14-8(2)10-11-6-7-12-10/h6-9H,4-5H2,1-3H3,(H,11,12)/t8-,9?/m0/s1. The van der Waals surface area contributed by atoms with Crippen molar-refractivity contribution in [3.8, 4) is 0 Å². The molecule has 0 fully saturated rings. The number of imidazole rings is 1. The zero-order valence-electron chi connectivity index (χ0n) is 8.99. The second-order valence-corrected chi connectivity index (χ2v) is 3.21. The lowest BCUT2D eigenvalue weighted by atomic mass is 10.3. The SMILES string of the molecule is CCCC(OC)O[C@@H](C)c1ncc[nH]1. The molecule has 4 nitrogen and oxygen atoms in total. The summed E-state index contributed by atoms with van der Waals surface area (Å²) in [6, 6.07) is 0. The van der Waals surface area contributed by atoms with Crippen molar-refractivity contribution in [3.63, 3.8) is 0 Å². The number of aromatic amines is 1. The van der Waals surface area contributed by atoms with E-state index in [1.165, 1.54) is 0 Å². The minimum Gasteiger partial charge on any atom is -0.356 e. The van der Waals surface area contributed by atoms with Crippen molar-refractivity contribution in [3.05, 3.63) is 18.2 Å². The summed E-state index contributed by atoms with van der Waals surface area (Å²) < 4.78 is 10.9. The maximum atomic E-state index is 5.67. The van der Waals surface area contributed by atoms with Crippen molar-refractivity contribution in [2.24, 2.45) is 0 Å². The molecule has 1 unspecified atom stereocenters. The third-order valence-electron chi connectivity index (χ3n) is 2.05. The fourth-order valence-corrected chi connectivity index (χ4v) is 1.27. The van der Waals surface area contributed by atoms with Crippen molar-refractivity contribution in [2.75, 3.05) is 7.11 Å². The van der Waals surface area contributed by atoms with Crippen LogP contribution in [-0.2, 0) is 9.47 Å². The van der Waals surface area contributed by atoms with Crippen LogP contribution in [0.2, 0.25) is 0 Å². The van der Waals surface area contributed by atoms with Crippen molar-refractivity contribution >= 4 is 0 Å². The van der Waals surface area contributed by atoms with E-state index in [4.69, 9.17) is 9.47 Å². The molecule has 80 valence electrons. The predicted octanol–water partition coefficient (Wildman–Crippen LogP) is 2.26. The second kappa shape index (κ2) is 5.78. The van der Waals surface area contributed by atoms with Gasteiger partial charge < -0.3 is 14.5 Å². The van der Waals surface area contributed by atoms with Gasteiger partial charge in [0.15, 0.2) is 6.29 Å². The van der Waals surface area contributed by atoms with E-state index in [0.717, 1.165) is 18.7 Å². The average molecular weight is 198 g/mol. The molecule has 4 heteroatoms. The smallest absolute Gasteiger partial charge is 0.158 e. The number of nitrogens with one attached hydrogen (secondary N) is 1. The quantitative estimate of drug-likeness (QED) is 0.713. The van der Waals surface area contributed by atoms with Crippen LogP contribution in [0.1, 0.15) is 38.6 Å². The van der Waals surface area contributed by atoms with E-state index in [2.05, 4.69) is 16.9 Å². The third-order valence-corrected chi connectivity index (χ3v) is 2.05. The van der Waals surface area contributed by atoms with Crippen LogP contribution in [-0.4, -0.2) is 23.4 Å². The van der Waals surface area contributed by atoms with Gasteiger partial charge in [-0.3, -0.25) is 0 Å². The van der Waals surface area contributed by atoms with Crippen LogP contribution in [0.3, 0.4) is 0 Å². The van der Waals surface area contributed by atoms with Crippen LogP contribution in [0.4, 0.5) is 0 Å². The topological polar surface area (TPSA) is 47.1 Å². The van der Waals surface area contributed by atoms with Gasteiger partial charge in [0.25, 0.3) is 0 Å². The molecule has 0 saturated carbocycles. The van der Waals surface area contributed by atoms with Gasteiger partial charge in [0, 0.05) is 19.5 Å². The highest BCUT2D eigenvalue weighted by atomic mass is 16.7. The number of nitrogens with zero attached hydrogens (tertiary/aromatic N) is 1. The monoisotopic (exact) mass is 198 g/mol. The molecule has 0 saturated heterocycles. The highest BCUT2D eigenvalue weighted by Crippen LogP contribution is 2.16. The fourth-order valence-electron chi connectivity index (χ4n) is 1.27. The van der Waals surface area contributed by atoms with E-state index in [-0.39, 0.29) is 12.4 Å². The molecular weight excluding hydrogens is 180 g/mol. The number of H-pyrrole nitrogens is 1. The molecule has 1 aromatic heterocycles. The van der Waals surface area contributed by atoms with Crippen molar-refractivity contribution in [1.82, 2.24) is 9.97 Å². The molecule has 1 heterocycles. The normalized spacial score (nSPS) is 15.4. The highest BCUT2D eigenvalue weighted by molar-refractivity contribution is 4.90. The van der Waals surface area contributed by atoms with E-state index in [9.17, 15) is 0 Å². The minimum atomic E-state index is -0.139. The summed E-state index contributed by atoms with van der Waals surface area (Å²) in [6.45, 7) is 4.06. The molecular formula is C10H18N2O2. The first-order chi connectivity index (χ1) is 6.77. The lowest BCUT2D eigenvalue weighted by Crippen LogP contribution is -2.17. The van der Waals surface area contributed by atoms with Crippen LogP contribution in [0.25, 0.3) is 0 Å². The Hall–Kier alpha value is -0.870. The Morgan fingerprint density at radius 3 is 2.86 bits per heavy atom. The lowest BCUT2D eigenvalue weighted by molar-refractivity contribution is -0.157. The second-order valence-electron chi connectivity index (χ2n) is 3.21. The summed E-state index contributed by atoms with van der Waals surface area (Å²) in [4.78, 5) is 7.14. The Labute approximate surface area is 84.6 Å². The van der Waals surface area contributed by atoms with Crippen molar-refractivity contribution in [2.45, 2.75) is 39.1 Å². The van der Waals surface area contributed by atoms with E-state index in [1.54, 1.807) is 19.5 Å². The van der Waals surface area contributed by atoms with Crippen LogP contribution < -0.4 is 0 Å². The first kappa shape index (κ1) is 11.2. The molecule has 1 N–H and O–H groups in total. The van der Waals surface area contributed by atoms with E-state index >= 15 is 0 Å².